The molecule has 0 bridgehead atoms. The molecule has 2 amide bonds. The second-order valence-electron chi connectivity index (χ2n) is 7.43. The van der Waals surface area contributed by atoms with Crippen LogP contribution in [0.5, 0.6) is 0 Å². The van der Waals surface area contributed by atoms with Crippen LogP contribution in [0.25, 0.3) is 0 Å². The van der Waals surface area contributed by atoms with Gasteiger partial charge in [0.2, 0.25) is 11.8 Å². The summed E-state index contributed by atoms with van der Waals surface area (Å²) < 4.78 is 0. The van der Waals surface area contributed by atoms with Gasteiger partial charge in [0.25, 0.3) is 0 Å². The third-order valence-corrected chi connectivity index (χ3v) is 5.44. The molecule has 0 aliphatic heterocycles. The van der Waals surface area contributed by atoms with Crippen LogP contribution in [0.2, 0.25) is 0 Å². The summed E-state index contributed by atoms with van der Waals surface area (Å²) in [7, 11) is 0. The Labute approximate surface area is 144 Å². The van der Waals surface area contributed by atoms with Crippen LogP contribution in [-0.4, -0.2) is 17.9 Å². The Morgan fingerprint density at radius 3 is 2.25 bits per heavy atom. The number of rotatable bonds is 4. The van der Waals surface area contributed by atoms with Gasteiger partial charge < -0.3 is 10.6 Å². The van der Waals surface area contributed by atoms with Crippen LogP contribution in [-0.2, 0) is 9.59 Å². The number of benzene rings is 1. The molecule has 2 fully saturated rings. The molecule has 0 saturated heterocycles. The first-order valence-electron chi connectivity index (χ1n) is 9.23. The zero-order valence-corrected chi connectivity index (χ0v) is 14.7. The zero-order valence-electron chi connectivity index (χ0n) is 14.7. The summed E-state index contributed by atoms with van der Waals surface area (Å²) in [6, 6.07) is 6.22. The largest absolute Gasteiger partial charge is 0.353 e. The monoisotopic (exact) mass is 328 g/mol. The molecule has 4 heteroatoms. The highest BCUT2D eigenvalue weighted by atomic mass is 16.2. The lowest BCUT2D eigenvalue weighted by Gasteiger charge is -2.16. The quantitative estimate of drug-likeness (QED) is 0.828. The normalized spacial score (nSPS) is 24.1. The molecule has 24 heavy (non-hydrogen) atoms. The standard InChI is InChI=1S/C20H28N2O2/c1-13-9-10-16(11-14(13)2)22-20(24)18-12-17(18)19(23)21-15-7-5-3-4-6-8-15/h9-11,15,17-18H,3-8,12H2,1-2H3,(H,21,23)(H,22,24). The topological polar surface area (TPSA) is 58.2 Å². The van der Waals surface area contributed by atoms with Gasteiger partial charge in [-0.3, -0.25) is 9.59 Å². The van der Waals surface area contributed by atoms with Crippen molar-refractivity contribution in [2.24, 2.45) is 11.8 Å². The maximum Gasteiger partial charge on any atom is 0.228 e. The average Bonchev–Trinajstić information content (AvgIpc) is 3.35. The molecule has 2 aliphatic rings. The fraction of sp³-hybridized carbons (Fsp3) is 0.600. The van der Waals surface area contributed by atoms with E-state index in [-0.39, 0.29) is 23.7 Å². The van der Waals surface area contributed by atoms with E-state index in [0.717, 1.165) is 24.1 Å². The Morgan fingerprint density at radius 2 is 1.58 bits per heavy atom. The lowest BCUT2D eigenvalue weighted by molar-refractivity contribution is -0.125. The third kappa shape index (κ3) is 4.16. The van der Waals surface area contributed by atoms with Crippen molar-refractivity contribution in [1.82, 2.24) is 5.32 Å². The van der Waals surface area contributed by atoms with E-state index in [1.807, 2.05) is 25.1 Å². The van der Waals surface area contributed by atoms with Crippen LogP contribution in [0, 0.1) is 25.7 Å². The van der Waals surface area contributed by atoms with Crippen LogP contribution in [0.3, 0.4) is 0 Å². The fourth-order valence-electron chi connectivity index (χ4n) is 3.56. The minimum absolute atomic E-state index is 0.0285. The lowest BCUT2D eigenvalue weighted by Crippen LogP contribution is -2.36. The van der Waals surface area contributed by atoms with Crippen molar-refractivity contribution in [3.05, 3.63) is 29.3 Å². The first kappa shape index (κ1) is 17.0. The van der Waals surface area contributed by atoms with Gasteiger partial charge in [-0.1, -0.05) is 31.7 Å². The van der Waals surface area contributed by atoms with Gasteiger partial charge in [0.05, 0.1) is 11.8 Å². The molecule has 2 saturated carbocycles. The zero-order chi connectivity index (χ0) is 17.1. The van der Waals surface area contributed by atoms with Crippen molar-refractivity contribution < 1.29 is 9.59 Å². The van der Waals surface area contributed by atoms with Crippen molar-refractivity contribution >= 4 is 17.5 Å². The molecule has 2 N–H and O–H groups in total. The number of hydrogen-bond donors (Lipinski definition) is 2. The first-order chi connectivity index (χ1) is 11.5. The van der Waals surface area contributed by atoms with Crippen molar-refractivity contribution in [2.75, 3.05) is 5.32 Å². The van der Waals surface area contributed by atoms with Crippen molar-refractivity contribution in [3.63, 3.8) is 0 Å². The van der Waals surface area contributed by atoms with E-state index in [1.165, 1.54) is 31.2 Å². The van der Waals surface area contributed by atoms with Gasteiger partial charge in [-0.05, 0) is 56.4 Å². The molecule has 1 aromatic carbocycles. The van der Waals surface area contributed by atoms with E-state index >= 15 is 0 Å². The van der Waals surface area contributed by atoms with E-state index in [9.17, 15) is 9.59 Å². The van der Waals surface area contributed by atoms with Gasteiger partial charge >= 0.3 is 0 Å². The maximum absolute atomic E-state index is 12.4. The van der Waals surface area contributed by atoms with E-state index < -0.39 is 0 Å². The molecule has 130 valence electrons. The summed E-state index contributed by atoms with van der Waals surface area (Å²) in [5.41, 5.74) is 3.18. The molecule has 1 aromatic rings. The highest BCUT2D eigenvalue weighted by molar-refractivity contribution is 5.99. The Kier molecular flexibility index (Phi) is 5.22. The van der Waals surface area contributed by atoms with Crippen LogP contribution in [0.15, 0.2) is 18.2 Å². The molecule has 0 heterocycles. The average molecular weight is 328 g/mol. The van der Waals surface area contributed by atoms with Crippen LogP contribution < -0.4 is 10.6 Å². The molecule has 2 aliphatic carbocycles. The summed E-state index contributed by atoms with van der Waals surface area (Å²) in [6.45, 7) is 4.08. The number of amides is 2. The molecular formula is C20H28N2O2. The number of carbonyl (C=O) groups excluding carboxylic acids is 2. The molecule has 0 spiro atoms. The number of hydrogen-bond acceptors (Lipinski definition) is 2. The summed E-state index contributed by atoms with van der Waals surface area (Å²) in [4.78, 5) is 24.7. The van der Waals surface area contributed by atoms with Crippen molar-refractivity contribution in [3.8, 4) is 0 Å². The minimum Gasteiger partial charge on any atom is -0.353 e. The number of carbonyl (C=O) groups is 2. The molecule has 2 atom stereocenters. The maximum atomic E-state index is 12.4. The Balaban J connectivity index is 1.49. The van der Waals surface area contributed by atoms with Gasteiger partial charge in [-0.25, -0.2) is 0 Å². The molecular weight excluding hydrogens is 300 g/mol. The Hall–Kier alpha value is -1.84. The Morgan fingerprint density at radius 1 is 0.917 bits per heavy atom. The van der Waals surface area contributed by atoms with Gasteiger partial charge in [0.15, 0.2) is 0 Å². The highest BCUT2D eigenvalue weighted by Gasteiger charge is 2.48. The summed E-state index contributed by atoms with van der Waals surface area (Å²) in [5.74, 6) is -0.265. The second kappa shape index (κ2) is 7.37. The Bertz CT molecular complexity index is 618. The van der Waals surface area contributed by atoms with Crippen molar-refractivity contribution in [1.29, 1.82) is 0 Å². The highest BCUT2D eigenvalue weighted by Crippen LogP contribution is 2.40. The molecule has 0 aromatic heterocycles. The number of aryl methyl sites for hydroxylation is 2. The molecule has 0 radical (unpaired) electrons. The molecule has 2 unspecified atom stereocenters. The summed E-state index contributed by atoms with van der Waals surface area (Å²) >= 11 is 0. The van der Waals surface area contributed by atoms with E-state index in [1.54, 1.807) is 0 Å². The number of anilines is 1. The second-order valence-corrected chi connectivity index (χ2v) is 7.43. The van der Waals surface area contributed by atoms with E-state index in [0.29, 0.717) is 12.5 Å². The summed E-state index contributed by atoms with van der Waals surface area (Å²) in [6.07, 6.45) is 7.79. The van der Waals surface area contributed by atoms with Gasteiger partial charge in [-0.2, -0.15) is 0 Å². The van der Waals surface area contributed by atoms with Gasteiger partial charge in [0.1, 0.15) is 0 Å². The van der Waals surface area contributed by atoms with Crippen LogP contribution >= 0.6 is 0 Å². The fourth-order valence-corrected chi connectivity index (χ4v) is 3.56. The minimum atomic E-state index is -0.169. The smallest absolute Gasteiger partial charge is 0.228 e. The first-order valence-corrected chi connectivity index (χ1v) is 9.23. The van der Waals surface area contributed by atoms with Crippen molar-refractivity contribution in [2.45, 2.75) is 64.8 Å². The molecule has 4 nitrogen and oxygen atoms in total. The number of nitrogens with one attached hydrogen (secondary N) is 2. The third-order valence-electron chi connectivity index (χ3n) is 5.44. The van der Waals surface area contributed by atoms with E-state index in [4.69, 9.17) is 0 Å². The predicted molar refractivity (Wildman–Crippen MR) is 95.8 cm³/mol. The van der Waals surface area contributed by atoms with Gasteiger partial charge in [-0.15, -0.1) is 0 Å². The SMILES string of the molecule is Cc1ccc(NC(=O)C2CC2C(=O)NC2CCCCCC2)cc1C. The molecule has 3 rings (SSSR count). The lowest BCUT2D eigenvalue weighted by atomic mass is 10.1. The predicted octanol–water partition coefficient (Wildman–Crippen LogP) is 3.72. The van der Waals surface area contributed by atoms with Crippen LogP contribution in [0.1, 0.15) is 56.1 Å². The van der Waals surface area contributed by atoms with Gasteiger partial charge in [0, 0.05) is 11.7 Å². The summed E-state index contributed by atoms with van der Waals surface area (Å²) in [5, 5.41) is 6.12. The van der Waals surface area contributed by atoms with E-state index in [2.05, 4.69) is 17.6 Å². The van der Waals surface area contributed by atoms with Crippen LogP contribution in [0.4, 0.5) is 5.69 Å².